The molecule has 0 amide bonds. The van der Waals surface area contributed by atoms with E-state index < -0.39 is 0 Å². The molecule has 23 heavy (non-hydrogen) atoms. The number of hydrogen-bond donors (Lipinski definition) is 0. The standard InChI is InChI=1S/C21H36O2/c1-15(2)11-22-13-18-9-20(21(6,7)8)10-19(17(18)5)14-23-12-16(3)4/h9-10,15-16H,11-14H2,1-8H3. The Balaban J connectivity index is 2.98. The van der Waals surface area contributed by atoms with Gasteiger partial charge in [0, 0.05) is 13.2 Å². The molecule has 0 aliphatic rings. The van der Waals surface area contributed by atoms with E-state index >= 15 is 0 Å². The van der Waals surface area contributed by atoms with Crippen LogP contribution in [0.15, 0.2) is 12.1 Å². The van der Waals surface area contributed by atoms with E-state index in [0.29, 0.717) is 25.0 Å². The summed E-state index contributed by atoms with van der Waals surface area (Å²) in [4.78, 5) is 0. The molecule has 0 atom stereocenters. The largest absolute Gasteiger partial charge is 0.376 e. The fraction of sp³-hybridized carbons (Fsp3) is 0.714. The van der Waals surface area contributed by atoms with Crippen LogP contribution < -0.4 is 0 Å². The van der Waals surface area contributed by atoms with Crippen molar-refractivity contribution in [2.75, 3.05) is 13.2 Å². The average molecular weight is 321 g/mol. The second-order valence-electron chi connectivity index (χ2n) is 8.49. The number of rotatable bonds is 8. The van der Waals surface area contributed by atoms with Crippen molar-refractivity contribution >= 4 is 0 Å². The minimum Gasteiger partial charge on any atom is -0.376 e. The molecule has 1 aromatic carbocycles. The van der Waals surface area contributed by atoms with Gasteiger partial charge in [0.2, 0.25) is 0 Å². The molecule has 0 aliphatic heterocycles. The van der Waals surface area contributed by atoms with E-state index in [4.69, 9.17) is 9.47 Å². The van der Waals surface area contributed by atoms with Crippen LogP contribution in [0, 0.1) is 18.8 Å². The number of ether oxygens (including phenoxy) is 2. The second-order valence-corrected chi connectivity index (χ2v) is 8.49. The first-order valence-electron chi connectivity index (χ1n) is 8.89. The van der Waals surface area contributed by atoms with E-state index in [9.17, 15) is 0 Å². The molecular formula is C21H36O2. The SMILES string of the molecule is Cc1c(COCC(C)C)cc(C(C)(C)C)cc1COCC(C)C. The highest BCUT2D eigenvalue weighted by Gasteiger charge is 2.17. The minimum absolute atomic E-state index is 0.132. The molecule has 0 saturated heterocycles. The molecule has 2 nitrogen and oxygen atoms in total. The van der Waals surface area contributed by atoms with Crippen molar-refractivity contribution in [3.05, 3.63) is 34.4 Å². The third-order valence-corrected chi connectivity index (χ3v) is 3.91. The van der Waals surface area contributed by atoms with E-state index in [2.05, 4.69) is 67.5 Å². The summed E-state index contributed by atoms with van der Waals surface area (Å²) >= 11 is 0. The van der Waals surface area contributed by atoms with Gasteiger partial charge >= 0.3 is 0 Å². The molecule has 1 rings (SSSR count). The topological polar surface area (TPSA) is 18.5 Å². The summed E-state index contributed by atoms with van der Waals surface area (Å²) in [5.74, 6) is 1.13. The van der Waals surface area contributed by atoms with Gasteiger partial charge < -0.3 is 9.47 Å². The molecule has 0 saturated carbocycles. The Morgan fingerprint density at radius 2 is 1.22 bits per heavy atom. The average Bonchev–Trinajstić information content (AvgIpc) is 2.40. The summed E-state index contributed by atoms with van der Waals surface area (Å²) in [5, 5.41) is 0. The van der Waals surface area contributed by atoms with Crippen LogP contribution in [0.3, 0.4) is 0 Å². The minimum atomic E-state index is 0.132. The van der Waals surface area contributed by atoms with E-state index in [1.54, 1.807) is 0 Å². The zero-order valence-corrected chi connectivity index (χ0v) is 16.5. The highest BCUT2D eigenvalue weighted by Crippen LogP contribution is 2.28. The highest BCUT2D eigenvalue weighted by atomic mass is 16.5. The van der Waals surface area contributed by atoms with Gasteiger partial charge in [-0.2, -0.15) is 0 Å². The lowest BCUT2D eigenvalue weighted by atomic mass is 9.83. The van der Waals surface area contributed by atoms with Crippen LogP contribution >= 0.6 is 0 Å². The van der Waals surface area contributed by atoms with Crippen LogP contribution in [0.1, 0.15) is 70.7 Å². The molecule has 0 radical (unpaired) electrons. The number of benzene rings is 1. The van der Waals surface area contributed by atoms with E-state index in [-0.39, 0.29) is 5.41 Å². The zero-order chi connectivity index (χ0) is 17.6. The molecule has 0 N–H and O–H groups in total. The Kier molecular flexibility index (Phi) is 7.76. The lowest BCUT2D eigenvalue weighted by molar-refractivity contribution is 0.0928. The van der Waals surface area contributed by atoms with Crippen LogP contribution in [0.2, 0.25) is 0 Å². The fourth-order valence-electron chi connectivity index (χ4n) is 2.38. The van der Waals surface area contributed by atoms with Crippen molar-refractivity contribution in [3.63, 3.8) is 0 Å². The smallest absolute Gasteiger partial charge is 0.0719 e. The summed E-state index contributed by atoms with van der Waals surface area (Å²) in [7, 11) is 0. The molecule has 0 aromatic heterocycles. The van der Waals surface area contributed by atoms with Crippen LogP contribution in [-0.2, 0) is 28.1 Å². The zero-order valence-electron chi connectivity index (χ0n) is 16.5. The highest BCUT2D eigenvalue weighted by molar-refractivity contribution is 5.40. The van der Waals surface area contributed by atoms with Crippen LogP contribution in [0.4, 0.5) is 0 Å². The van der Waals surface area contributed by atoms with Gasteiger partial charge in [-0.25, -0.2) is 0 Å². The quantitative estimate of drug-likeness (QED) is 0.617. The first-order valence-corrected chi connectivity index (χ1v) is 8.89. The second kappa shape index (κ2) is 8.84. The van der Waals surface area contributed by atoms with Gasteiger partial charge in [-0.15, -0.1) is 0 Å². The van der Waals surface area contributed by atoms with Crippen molar-refractivity contribution in [2.45, 2.75) is 74.0 Å². The lowest BCUT2D eigenvalue weighted by Crippen LogP contribution is -2.14. The molecule has 0 spiro atoms. The van der Waals surface area contributed by atoms with Crippen LogP contribution in [-0.4, -0.2) is 13.2 Å². The predicted octanol–water partition coefficient (Wildman–Crippen LogP) is 5.64. The van der Waals surface area contributed by atoms with E-state index in [0.717, 1.165) is 13.2 Å². The van der Waals surface area contributed by atoms with Gasteiger partial charge in [-0.1, -0.05) is 60.6 Å². The van der Waals surface area contributed by atoms with E-state index in [1.165, 1.54) is 22.3 Å². The molecule has 0 aliphatic carbocycles. The summed E-state index contributed by atoms with van der Waals surface area (Å²) in [6.07, 6.45) is 0. The summed E-state index contributed by atoms with van der Waals surface area (Å²) in [6, 6.07) is 4.61. The summed E-state index contributed by atoms with van der Waals surface area (Å²) in [5.41, 5.74) is 5.38. The van der Waals surface area contributed by atoms with Gasteiger partial charge in [0.25, 0.3) is 0 Å². The molecule has 0 heterocycles. The van der Waals surface area contributed by atoms with Crippen molar-refractivity contribution in [2.24, 2.45) is 11.8 Å². The predicted molar refractivity (Wildman–Crippen MR) is 98.9 cm³/mol. The lowest BCUT2D eigenvalue weighted by Gasteiger charge is -2.23. The summed E-state index contributed by atoms with van der Waals surface area (Å²) < 4.78 is 11.8. The first-order chi connectivity index (χ1) is 10.6. The molecular weight excluding hydrogens is 284 g/mol. The van der Waals surface area contributed by atoms with Crippen molar-refractivity contribution < 1.29 is 9.47 Å². The Bertz CT molecular complexity index is 446. The fourth-order valence-corrected chi connectivity index (χ4v) is 2.38. The van der Waals surface area contributed by atoms with Gasteiger partial charge in [-0.05, 0) is 46.4 Å². The molecule has 0 fully saturated rings. The van der Waals surface area contributed by atoms with Gasteiger partial charge in [0.1, 0.15) is 0 Å². The van der Waals surface area contributed by atoms with Gasteiger partial charge in [0.05, 0.1) is 13.2 Å². The molecule has 2 heteroatoms. The Morgan fingerprint density at radius 3 is 1.52 bits per heavy atom. The van der Waals surface area contributed by atoms with E-state index in [1.807, 2.05) is 0 Å². The first kappa shape index (κ1) is 20.2. The molecule has 0 bridgehead atoms. The third-order valence-electron chi connectivity index (χ3n) is 3.91. The normalized spacial score (nSPS) is 12.4. The molecule has 0 unspecified atom stereocenters. The van der Waals surface area contributed by atoms with Crippen molar-refractivity contribution in [1.82, 2.24) is 0 Å². The maximum absolute atomic E-state index is 5.89. The summed E-state index contributed by atoms with van der Waals surface area (Å²) in [6.45, 7) is 20.7. The third kappa shape index (κ3) is 7.05. The Labute approximate surface area is 143 Å². The molecule has 1 aromatic rings. The Hall–Kier alpha value is -0.860. The Morgan fingerprint density at radius 1 is 0.826 bits per heavy atom. The number of hydrogen-bond acceptors (Lipinski definition) is 2. The van der Waals surface area contributed by atoms with Gasteiger partial charge in [-0.3, -0.25) is 0 Å². The van der Waals surface area contributed by atoms with Crippen molar-refractivity contribution in [3.8, 4) is 0 Å². The van der Waals surface area contributed by atoms with Crippen LogP contribution in [0.25, 0.3) is 0 Å². The van der Waals surface area contributed by atoms with Gasteiger partial charge in [0.15, 0.2) is 0 Å². The van der Waals surface area contributed by atoms with Crippen LogP contribution in [0.5, 0.6) is 0 Å². The van der Waals surface area contributed by atoms with Crippen molar-refractivity contribution in [1.29, 1.82) is 0 Å². The maximum Gasteiger partial charge on any atom is 0.0719 e. The monoisotopic (exact) mass is 320 g/mol. The molecule has 132 valence electrons. The maximum atomic E-state index is 5.89.